The second-order valence-corrected chi connectivity index (χ2v) is 6.95. The van der Waals surface area contributed by atoms with Crippen LogP contribution < -0.4 is 14.8 Å². The fraction of sp³-hybridized carbons (Fsp3) is 0.619. The minimum Gasteiger partial charge on any atom is -0.493 e. The lowest BCUT2D eigenvalue weighted by atomic mass is 9.97. The second kappa shape index (κ2) is 12.7. The number of rotatable bonds is 12. The SMILES string of the molecule is CCC(CC)CC(C)OC(=O)[C@H](C)NC(=O)c1nccc(OC)c1OCOC(C)=O. The highest BCUT2D eigenvalue weighted by atomic mass is 16.7. The van der Waals surface area contributed by atoms with Gasteiger partial charge in [-0.15, -0.1) is 0 Å². The molecule has 0 spiro atoms. The average Bonchev–Trinajstić information content (AvgIpc) is 2.71. The molecule has 1 aromatic heterocycles. The van der Waals surface area contributed by atoms with Gasteiger partial charge < -0.3 is 24.3 Å². The number of nitrogens with one attached hydrogen (secondary N) is 1. The topological polar surface area (TPSA) is 113 Å². The molecule has 0 aliphatic carbocycles. The van der Waals surface area contributed by atoms with Crippen LogP contribution in [0.1, 0.15) is 64.4 Å². The molecule has 0 saturated carbocycles. The minimum atomic E-state index is -0.893. The Kier molecular flexibility index (Phi) is 10.6. The van der Waals surface area contributed by atoms with Gasteiger partial charge in [0.2, 0.25) is 6.79 Å². The normalized spacial score (nSPS) is 12.6. The molecule has 0 aliphatic heterocycles. The highest BCUT2D eigenvalue weighted by Gasteiger charge is 2.25. The van der Waals surface area contributed by atoms with Crippen LogP contribution in [0.3, 0.4) is 0 Å². The molecule has 30 heavy (non-hydrogen) atoms. The number of hydrogen-bond acceptors (Lipinski definition) is 8. The summed E-state index contributed by atoms with van der Waals surface area (Å²) in [6.07, 6.45) is 3.92. The van der Waals surface area contributed by atoms with Crippen molar-refractivity contribution in [2.45, 2.75) is 66.0 Å². The first-order valence-electron chi connectivity index (χ1n) is 10.0. The van der Waals surface area contributed by atoms with Gasteiger partial charge in [0.05, 0.1) is 13.2 Å². The fourth-order valence-corrected chi connectivity index (χ4v) is 2.83. The highest BCUT2D eigenvalue weighted by molar-refractivity contribution is 5.98. The molecular formula is C21H32N2O7. The predicted octanol–water partition coefficient (Wildman–Crippen LogP) is 2.87. The number of nitrogens with zero attached hydrogens (tertiary/aromatic N) is 1. The largest absolute Gasteiger partial charge is 0.493 e. The Morgan fingerprint density at radius 2 is 1.83 bits per heavy atom. The molecule has 168 valence electrons. The molecule has 1 aromatic rings. The molecule has 0 fully saturated rings. The zero-order valence-electron chi connectivity index (χ0n) is 18.5. The monoisotopic (exact) mass is 424 g/mol. The van der Waals surface area contributed by atoms with Crippen LogP contribution in [0.4, 0.5) is 0 Å². The summed E-state index contributed by atoms with van der Waals surface area (Å²) < 4.78 is 20.7. The summed E-state index contributed by atoms with van der Waals surface area (Å²) in [4.78, 5) is 40.0. The lowest BCUT2D eigenvalue weighted by Crippen LogP contribution is -2.41. The molecule has 1 unspecified atom stereocenters. The Hall–Kier alpha value is -2.84. The Morgan fingerprint density at radius 3 is 2.40 bits per heavy atom. The van der Waals surface area contributed by atoms with Gasteiger partial charge in [-0.3, -0.25) is 9.59 Å². The molecule has 0 saturated heterocycles. The van der Waals surface area contributed by atoms with E-state index >= 15 is 0 Å². The van der Waals surface area contributed by atoms with Crippen molar-refractivity contribution in [1.29, 1.82) is 0 Å². The minimum absolute atomic E-state index is 0.00131. The fourth-order valence-electron chi connectivity index (χ4n) is 2.83. The van der Waals surface area contributed by atoms with Gasteiger partial charge in [-0.25, -0.2) is 9.78 Å². The summed E-state index contributed by atoms with van der Waals surface area (Å²) in [7, 11) is 1.40. The summed E-state index contributed by atoms with van der Waals surface area (Å²) in [5, 5.41) is 2.55. The van der Waals surface area contributed by atoms with Crippen LogP contribution in [0.25, 0.3) is 0 Å². The van der Waals surface area contributed by atoms with Gasteiger partial charge in [0.15, 0.2) is 17.2 Å². The second-order valence-electron chi connectivity index (χ2n) is 6.95. The van der Waals surface area contributed by atoms with Crippen molar-refractivity contribution < 1.29 is 33.3 Å². The predicted molar refractivity (Wildman–Crippen MR) is 109 cm³/mol. The van der Waals surface area contributed by atoms with Crippen LogP contribution >= 0.6 is 0 Å². The van der Waals surface area contributed by atoms with Gasteiger partial charge in [-0.1, -0.05) is 26.7 Å². The summed E-state index contributed by atoms with van der Waals surface area (Å²) in [6, 6.07) is 0.605. The maximum Gasteiger partial charge on any atom is 0.328 e. The molecule has 0 aliphatic rings. The number of carbonyl (C=O) groups is 3. The van der Waals surface area contributed by atoms with E-state index < -0.39 is 30.7 Å². The van der Waals surface area contributed by atoms with Crippen LogP contribution in [0.15, 0.2) is 12.3 Å². The van der Waals surface area contributed by atoms with Gasteiger partial charge in [0.25, 0.3) is 5.91 Å². The van der Waals surface area contributed by atoms with Crippen molar-refractivity contribution in [3.63, 3.8) is 0 Å². The van der Waals surface area contributed by atoms with Gasteiger partial charge in [0.1, 0.15) is 6.04 Å². The number of esters is 2. The van der Waals surface area contributed by atoms with Crippen molar-refractivity contribution >= 4 is 17.8 Å². The van der Waals surface area contributed by atoms with Gasteiger partial charge in [-0.2, -0.15) is 0 Å². The molecular weight excluding hydrogens is 392 g/mol. The van der Waals surface area contributed by atoms with E-state index in [1.807, 2.05) is 6.92 Å². The van der Waals surface area contributed by atoms with Crippen molar-refractivity contribution in [1.82, 2.24) is 10.3 Å². The number of carbonyl (C=O) groups excluding carboxylic acids is 3. The maximum absolute atomic E-state index is 12.7. The van der Waals surface area contributed by atoms with E-state index in [4.69, 9.17) is 18.9 Å². The third kappa shape index (κ3) is 7.88. The zero-order valence-corrected chi connectivity index (χ0v) is 18.5. The molecule has 9 nitrogen and oxygen atoms in total. The van der Waals surface area contributed by atoms with Crippen LogP contribution in [0, 0.1) is 5.92 Å². The molecule has 1 N–H and O–H groups in total. The lowest BCUT2D eigenvalue weighted by Gasteiger charge is -2.21. The molecule has 1 rings (SSSR count). The third-order valence-electron chi connectivity index (χ3n) is 4.61. The molecule has 0 radical (unpaired) electrons. The van der Waals surface area contributed by atoms with E-state index in [-0.39, 0.29) is 23.3 Å². The van der Waals surface area contributed by atoms with E-state index in [9.17, 15) is 14.4 Å². The number of pyridine rings is 1. The molecule has 1 amide bonds. The zero-order chi connectivity index (χ0) is 22.7. The number of amides is 1. The lowest BCUT2D eigenvalue weighted by molar-refractivity contribution is -0.151. The van der Waals surface area contributed by atoms with E-state index in [0.29, 0.717) is 5.92 Å². The van der Waals surface area contributed by atoms with E-state index in [2.05, 4.69) is 24.1 Å². The maximum atomic E-state index is 12.7. The van der Waals surface area contributed by atoms with E-state index in [0.717, 1.165) is 19.3 Å². The Balaban J connectivity index is 2.80. The molecule has 0 bridgehead atoms. The molecule has 1 heterocycles. The van der Waals surface area contributed by atoms with Gasteiger partial charge in [-0.05, 0) is 26.2 Å². The van der Waals surface area contributed by atoms with E-state index in [1.165, 1.54) is 33.2 Å². The van der Waals surface area contributed by atoms with Gasteiger partial charge >= 0.3 is 11.9 Å². The van der Waals surface area contributed by atoms with Crippen molar-refractivity contribution in [3.8, 4) is 11.5 Å². The van der Waals surface area contributed by atoms with Crippen LogP contribution in [0.5, 0.6) is 11.5 Å². The van der Waals surface area contributed by atoms with E-state index in [1.54, 1.807) is 0 Å². The number of ether oxygens (including phenoxy) is 4. The highest BCUT2D eigenvalue weighted by Crippen LogP contribution is 2.29. The summed E-state index contributed by atoms with van der Waals surface area (Å²) in [6.45, 7) is 8.40. The first-order chi connectivity index (χ1) is 14.2. The number of methoxy groups -OCH3 is 1. The first kappa shape index (κ1) is 25.2. The smallest absolute Gasteiger partial charge is 0.328 e. The third-order valence-corrected chi connectivity index (χ3v) is 4.61. The molecule has 2 atom stereocenters. The summed E-state index contributed by atoms with van der Waals surface area (Å²) in [5.74, 6) is -1.01. The quantitative estimate of drug-likeness (QED) is 0.403. The standard InChI is InChI=1S/C21H32N2O7/c1-7-16(8-2)11-13(3)30-21(26)14(4)23-20(25)18-19(29-12-28-15(5)24)17(27-6)9-10-22-18/h9-10,13-14,16H,7-8,11-12H2,1-6H3,(H,23,25)/t13?,14-/m0/s1. The van der Waals surface area contributed by atoms with Gasteiger partial charge in [0, 0.05) is 19.2 Å². The Labute approximate surface area is 177 Å². The number of aromatic nitrogens is 1. The summed E-state index contributed by atoms with van der Waals surface area (Å²) >= 11 is 0. The Bertz CT molecular complexity index is 719. The number of hydrogen-bond donors (Lipinski definition) is 1. The average molecular weight is 424 g/mol. The van der Waals surface area contributed by atoms with Crippen LogP contribution in [-0.4, -0.2) is 48.9 Å². The molecule has 9 heteroatoms. The Morgan fingerprint density at radius 1 is 1.17 bits per heavy atom. The van der Waals surface area contributed by atoms with Crippen molar-refractivity contribution in [3.05, 3.63) is 18.0 Å². The van der Waals surface area contributed by atoms with Crippen molar-refractivity contribution in [2.75, 3.05) is 13.9 Å². The van der Waals surface area contributed by atoms with Crippen LogP contribution in [-0.2, 0) is 19.1 Å². The molecule has 0 aromatic carbocycles. The first-order valence-corrected chi connectivity index (χ1v) is 10.0. The summed E-state index contributed by atoms with van der Waals surface area (Å²) in [5.41, 5.74) is -0.105. The van der Waals surface area contributed by atoms with Crippen molar-refractivity contribution in [2.24, 2.45) is 5.92 Å². The van der Waals surface area contributed by atoms with Crippen LogP contribution in [0.2, 0.25) is 0 Å².